The van der Waals surface area contributed by atoms with E-state index in [-0.39, 0.29) is 36.9 Å². The average molecular weight is 580 g/mol. The number of morpholine rings is 1. The van der Waals surface area contributed by atoms with E-state index >= 15 is 0 Å². The molecule has 226 valence electrons. The van der Waals surface area contributed by atoms with Crippen molar-refractivity contribution in [2.45, 2.75) is 50.8 Å². The van der Waals surface area contributed by atoms with Gasteiger partial charge in [-0.15, -0.1) is 0 Å². The molecule has 0 unspecified atom stereocenters. The molecule has 4 atom stereocenters. The van der Waals surface area contributed by atoms with Crippen molar-refractivity contribution in [1.82, 2.24) is 15.5 Å². The van der Waals surface area contributed by atoms with E-state index < -0.39 is 29.5 Å². The number of benzene rings is 2. The molecule has 10 heteroatoms. The van der Waals surface area contributed by atoms with Crippen LogP contribution in [-0.2, 0) is 41.5 Å². The summed E-state index contributed by atoms with van der Waals surface area (Å²) in [6.45, 7) is 6.31. The maximum Gasteiger partial charge on any atom is 0.234 e. The maximum absolute atomic E-state index is 13.8. The van der Waals surface area contributed by atoms with Crippen molar-refractivity contribution in [2.24, 2.45) is 5.92 Å². The molecule has 2 amide bonds. The molecule has 0 spiro atoms. The molecule has 0 radical (unpaired) electrons. The number of nitrogens with one attached hydrogen (secondary N) is 2. The van der Waals surface area contributed by atoms with E-state index in [2.05, 4.69) is 10.6 Å². The lowest BCUT2D eigenvalue weighted by Crippen LogP contribution is -2.50. The summed E-state index contributed by atoms with van der Waals surface area (Å²) in [4.78, 5) is 55.0. The highest BCUT2D eigenvalue weighted by Crippen LogP contribution is 2.29. The molecule has 2 aliphatic rings. The molecule has 2 aliphatic heterocycles. The molecule has 10 nitrogen and oxygen atoms in total. The largest absolute Gasteiger partial charge is 0.497 e. The van der Waals surface area contributed by atoms with Gasteiger partial charge in [0.15, 0.2) is 11.6 Å². The van der Waals surface area contributed by atoms with Crippen molar-refractivity contribution in [1.29, 1.82) is 0 Å². The van der Waals surface area contributed by atoms with E-state index in [1.54, 1.807) is 33.1 Å². The summed E-state index contributed by atoms with van der Waals surface area (Å²) in [5, 5.41) is 5.72. The second-order valence-electron chi connectivity index (χ2n) is 11.2. The van der Waals surface area contributed by atoms with Crippen LogP contribution in [0.15, 0.2) is 54.6 Å². The van der Waals surface area contributed by atoms with E-state index in [0.29, 0.717) is 45.1 Å². The van der Waals surface area contributed by atoms with E-state index in [1.807, 2.05) is 47.4 Å². The predicted octanol–water partition coefficient (Wildman–Crippen LogP) is 1.74. The SMILES string of the molecule is COc1ccc(C[C@H](CC(=O)[C@H](C)NC(=O)CN2CCOCC2)C(=O)N[C@@H](Cc2ccccc2)C(=O)[C@@]2(C)CO2)cc1. The molecule has 0 aromatic heterocycles. The van der Waals surface area contributed by atoms with Gasteiger partial charge < -0.3 is 24.8 Å². The number of ketones is 2. The highest BCUT2D eigenvalue weighted by Gasteiger charge is 2.50. The number of hydrogen-bond donors (Lipinski definition) is 2. The molecule has 2 N–H and O–H groups in total. The van der Waals surface area contributed by atoms with Gasteiger partial charge in [-0.2, -0.15) is 0 Å². The summed E-state index contributed by atoms with van der Waals surface area (Å²) in [5.41, 5.74) is 0.823. The van der Waals surface area contributed by atoms with Crippen LogP contribution in [0.1, 0.15) is 31.4 Å². The fourth-order valence-electron chi connectivity index (χ4n) is 5.02. The smallest absolute Gasteiger partial charge is 0.234 e. The highest BCUT2D eigenvalue weighted by atomic mass is 16.6. The Bertz CT molecular complexity index is 1220. The van der Waals surface area contributed by atoms with Crippen LogP contribution < -0.4 is 15.4 Å². The standard InChI is InChI=1S/C32H41N3O7/c1-22(33-29(37)20-35-13-15-41-16-14-35)28(36)19-25(17-24-9-11-26(40-3)12-10-24)31(39)34-27(30(38)32(2)21-42-32)18-23-7-5-4-6-8-23/h4-12,22,25,27H,13-21H2,1-3H3,(H,33,37)(H,34,39)/t22-,25+,27-,32+/m0/s1. The number of methoxy groups -OCH3 is 1. The topological polar surface area (TPSA) is 127 Å². The normalized spacial score (nSPS) is 20.5. The number of epoxide rings is 1. The fraction of sp³-hybridized carbons (Fsp3) is 0.500. The first-order chi connectivity index (χ1) is 20.2. The van der Waals surface area contributed by atoms with Crippen molar-refractivity contribution in [3.05, 3.63) is 65.7 Å². The van der Waals surface area contributed by atoms with Gasteiger partial charge in [-0.05, 0) is 49.9 Å². The van der Waals surface area contributed by atoms with Crippen LogP contribution in [0.2, 0.25) is 0 Å². The van der Waals surface area contributed by atoms with E-state index in [0.717, 1.165) is 11.1 Å². The first-order valence-electron chi connectivity index (χ1n) is 14.4. The molecule has 0 aliphatic carbocycles. The lowest BCUT2D eigenvalue weighted by Gasteiger charge is -2.27. The van der Waals surface area contributed by atoms with Crippen molar-refractivity contribution in [3.8, 4) is 5.75 Å². The van der Waals surface area contributed by atoms with Gasteiger partial charge >= 0.3 is 0 Å². The number of carbonyl (C=O) groups is 4. The zero-order valence-corrected chi connectivity index (χ0v) is 24.6. The van der Waals surface area contributed by atoms with Crippen LogP contribution >= 0.6 is 0 Å². The molecular weight excluding hydrogens is 538 g/mol. The zero-order valence-electron chi connectivity index (χ0n) is 24.6. The number of hydrogen-bond acceptors (Lipinski definition) is 8. The Hall–Kier alpha value is -3.60. The molecular formula is C32H41N3O7. The van der Waals surface area contributed by atoms with Gasteiger partial charge in [0.05, 0.1) is 45.6 Å². The van der Waals surface area contributed by atoms with E-state index in [9.17, 15) is 19.2 Å². The van der Waals surface area contributed by atoms with Crippen LogP contribution in [0, 0.1) is 5.92 Å². The van der Waals surface area contributed by atoms with Crippen LogP contribution in [0.25, 0.3) is 0 Å². The first kappa shape index (κ1) is 31.3. The number of rotatable bonds is 15. The van der Waals surface area contributed by atoms with Gasteiger partial charge in [-0.25, -0.2) is 0 Å². The number of ether oxygens (including phenoxy) is 3. The fourth-order valence-corrected chi connectivity index (χ4v) is 5.02. The lowest BCUT2D eigenvalue weighted by molar-refractivity contribution is -0.134. The minimum Gasteiger partial charge on any atom is -0.497 e. The summed E-state index contributed by atoms with van der Waals surface area (Å²) >= 11 is 0. The molecule has 2 saturated heterocycles. The molecule has 2 fully saturated rings. The van der Waals surface area contributed by atoms with Crippen LogP contribution in [0.4, 0.5) is 0 Å². The number of amides is 2. The zero-order chi connectivity index (χ0) is 30.1. The Balaban J connectivity index is 1.46. The Labute approximate surface area is 247 Å². The van der Waals surface area contributed by atoms with Crippen molar-refractivity contribution in [2.75, 3.05) is 46.6 Å². The van der Waals surface area contributed by atoms with E-state index in [4.69, 9.17) is 14.2 Å². The Morgan fingerprint density at radius 1 is 0.952 bits per heavy atom. The van der Waals surface area contributed by atoms with Gasteiger partial charge in [0.1, 0.15) is 11.4 Å². The molecule has 0 bridgehead atoms. The van der Waals surface area contributed by atoms with Gasteiger partial charge in [-0.1, -0.05) is 42.5 Å². The van der Waals surface area contributed by atoms with Gasteiger partial charge in [0, 0.05) is 25.4 Å². The summed E-state index contributed by atoms with van der Waals surface area (Å²) in [7, 11) is 1.58. The molecule has 2 heterocycles. The molecule has 0 saturated carbocycles. The summed E-state index contributed by atoms with van der Waals surface area (Å²) < 4.78 is 16.0. The quantitative estimate of drug-likeness (QED) is 0.306. The minimum absolute atomic E-state index is 0.100. The first-order valence-corrected chi connectivity index (χ1v) is 14.4. The third-order valence-corrected chi connectivity index (χ3v) is 7.81. The number of carbonyl (C=O) groups excluding carboxylic acids is 4. The maximum atomic E-state index is 13.8. The molecule has 2 aromatic rings. The summed E-state index contributed by atoms with van der Waals surface area (Å²) in [6, 6.07) is 15.2. The second kappa shape index (κ2) is 14.5. The average Bonchev–Trinajstić information content (AvgIpc) is 3.75. The Morgan fingerprint density at radius 3 is 2.21 bits per heavy atom. The Kier molecular flexibility index (Phi) is 10.8. The monoisotopic (exact) mass is 579 g/mol. The number of Topliss-reactive ketones (excluding diaryl/α,β-unsaturated/α-hetero) is 2. The molecule has 42 heavy (non-hydrogen) atoms. The van der Waals surface area contributed by atoms with Crippen LogP contribution in [-0.4, -0.2) is 92.5 Å². The van der Waals surface area contributed by atoms with Crippen LogP contribution in [0.5, 0.6) is 5.75 Å². The van der Waals surface area contributed by atoms with Gasteiger partial charge in [0.2, 0.25) is 11.8 Å². The van der Waals surface area contributed by atoms with Crippen molar-refractivity contribution < 1.29 is 33.4 Å². The van der Waals surface area contributed by atoms with Crippen molar-refractivity contribution in [3.63, 3.8) is 0 Å². The third-order valence-electron chi connectivity index (χ3n) is 7.81. The predicted molar refractivity (Wildman–Crippen MR) is 156 cm³/mol. The lowest BCUT2D eigenvalue weighted by atomic mass is 9.89. The summed E-state index contributed by atoms with van der Waals surface area (Å²) in [5.74, 6) is -1.19. The minimum atomic E-state index is -0.923. The van der Waals surface area contributed by atoms with Crippen LogP contribution in [0.3, 0.4) is 0 Å². The Morgan fingerprint density at radius 2 is 1.60 bits per heavy atom. The number of nitrogens with zero attached hydrogens (tertiary/aromatic N) is 1. The van der Waals surface area contributed by atoms with Gasteiger partial charge in [-0.3, -0.25) is 24.1 Å². The van der Waals surface area contributed by atoms with Crippen molar-refractivity contribution >= 4 is 23.4 Å². The third kappa shape index (κ3) is 8.95. The summed E-state index contributed by atoms with van der Waals surface area (Å²) in [6.07, 6.45) is 0.481. The van der Waals surface area contributed by atoms with E-state index in [1.165, 1.54) is 0 Å². The highest BCUT2D eigenvalue weighted by molar-refractivity contribution is 5.98. The molecule has 4 rings (SSSR count). The second-order valence-corrected chi connectivity index (χ2v) is 11.2. The van der Waals surface area contributed by atoms with Gasteiger partial charge in [0.25, 0.3) is 0 Å². The molecule has 2 aromatic carbocycles.